The maximum Gasteiger partial charge on any atom is 0.228 e. The Bertz CT molecular complexity index is 1400. The molecule has 238 valence electrons. The lowest BCUT2D eigenvalue weighted by molar-refractivity contribution is 0.0662. The van der Waals surface area contributed by atoms with Crippen molar-refractivity contribution in [1.82, 2.24) is 29.0 Å². The smallest absolute Gasteiger partial charge is 0.228 e. The first-order valence-corrected chi connectivity index (χ1v) is 18.0. The second-order valence-corrected chi connectivity index (χ2v) is 14.6. The van der Waals surface area contributed by atoms with Gasteiger partial charge < -0.3 is 15.0 Å². The molecule has 0 amide bonds. The molecular weight excluding hydrogens is 567 g/mol. The number of nitrogens with zero attached hydrogens (tertiary/aromatic N) is 6. The van der Waals surface area contributed by atoms with Crippen LogP contribution in [0.5, 0.6) is 0 Å². The summed E-state index contributed by atoms with van der Waals surface area (Å²) in [6, 6.07) is 1.01. The van der Waals surface area contributed by atoms with E-state index in [0.29, 0.717) is 29.9 Å². The van der Waals surface area contributed by atoms with E-state index in [1.165, 1.54) is 69.4 Å². The molecule has 6 rings (SSSR count). The maximum atomic E-state index is 6.04. The number of ether oxygens (including phenoxy) is 1. The Morgan fingerprint density at radius 1 is 1.05 bits per heavy atom. The second kappa shape index (κ2) is 14.7. The van der Waals surface area contributed by atoms with E-state index >= 15 is 0 Å². The summed E-state index contributed by atoms with van der Waals surface area (Å²) in [5, 5.41) is 9.18. The number of aryl methyl sites for hydroxylation is 2. The number of rotatable bonds is 10. The Labute approximate surface area is 267 Å². The number of nitrogens with one attached hydrogen (secondary N) is 1. The maximum absolute atomic E-state index is 6.04. The van der Waals surface area contributed by atoms with Crippen molar-refractivity contribution >= 4 is 33.4 Å². The topological polar surface area (TPSA) is 81.0 Å². The molecule has 0 aromatic carbocycles. The molecule has 0 spiro atoms. The van der Waals surface area contributed by atoms with Crippen LogP contribution in [0.1, 0.15) is 102 Å². The Hall–Kier alpha value is -2.54. The molecule has 2 atom stereocenters. The van der Waals surface area contributed by atoms with Crippen molar-refractivity contribution in [3.63, 3.8) is 0 Å². The highest BCUT2D eigenvalue weighted by atomic mass is 32.1. The Kier molecular flexibility index (Phi) is 10.5. The Morgan fingerprint density at radius 2 is 1.82 bits per heavy atom. The molecule has 5 heterocycles. The molecule has 0 radical (unpaired) electrons. The van der Waals surface area contributed by atoms with Gasteiger partial charge in [0.15, 0.2) is 0 Å². The van der Waals surface area contributed by atoms with E-state index in [9.17, 15) is 0 Å². The largest absolute Gasteiger partial charge is 0.381 e. The van der Waals surface area contributed by atoms with Crippen LogP contribution in [0.15, 0.2) is 12.4 Å². The summed E-state index contributed by atoms with van der Waals surface area (Å²) in [5.74, 6) is 6.67. The molecule has 3 fully saturated rings. The number of hydrogen-bond acceptors (Lipinski definition) is 8. The molecule has 3 aliphatic rings. The number of fused-ring (bicyclic) bond motifs is 1. The number of anilines is 2. The summed E-state index contributed by atoms with van der Waals surface area (Å²) >= 11 is 1.47. The third-order valence-electron chi connectivity index (χ3n) is 10.7. The van der Waals surface area contributed by atoms with E-state index in [-0.39, 0.29) is 0 Å². The molecule has 9 heteroatoms. The Morgan fingerprint density at radius 3 is 2.59 bits per heavy atom. The summed E-state index contributed by atoms with van der Waals surface area (Å²) in [6.07, 6.45) is 24.6. The van der Waals surface area contributed by atoms with Gasteiger partial charge in [-0.1, -0.05) is 32.1 Å². The van der Waals surface area contributed by atoms with Crippen LogP contribution in [-0.2, 0) is 11.2 Å². The van der Waals surface area contributed by atoms with E-state index in [2.05, 4.69) is 57.3 Å². The van der Waals surface area contributed by atoms with Gasteiger partial charge in [0.1, 0.15) is 4.83 Å². The first-order chi connectivity index (χ1) is 21.5. The predicted octanol–water partition coefficient (Wildman–Crippen LogP) is 7.58. The molecule has 1 saturated carbocycles. The third kappa shape index (κ3) is 7.63. The highest BCUT2D eigenvalue weighted by molar-refractivity contribution is 7.13. The van der Waals surface area contributed by atoms with E-state index in [0.717, 1.165) is 84.6 Å². The summed E-state index contributed by atoms with van der Waals surface area (Å²) in [5.41, 5.74) is 3.09. The molecule has 2 saturated heterocycles. The van der Waals surface area contributed by atoms with Gasteiger partial charge >= 0.3 is 0 Å². The minimum absolute atomic E-state index is 0.393. The standard InChI is InChI=1S/C35H51N7OS/c1-5-28-13-17-41(24(2)3)18-14-29(28)21-27-11-9-26(10-12-27)7-6-8-32-33-25(4)40-44-34(33)39-35(38-32)37-30-22-36-42(23-30)31-15-19-43-20-16-31/h1,22-24,26-29,31H,6-21H2,2-4H3,(H,37,38,39)/t26-,27-,28?,29?. The summed E-state index contributed by atoms with van der Waals surface area (Å²) in [6.45, 7) is 10.7. The normalized spacial score (nSPS) is 25.7. The predicted molar refractivity (Wildman–Crippen MR) is 179 cm³/mol. The van der Waals surface area contributed by atoms with Gasteiger partial charge in [-0.2, -0.15) is 14.5 Å². The van der Waals surface area contributed by atoms with Crippen molar-refractivity contribution in [3.05, 3.63) is 23.8 Å². The molecule has 1 aliphatic carbocycles. The van der Waals surface area contributed by atoms with Crippen molar-refractivity contribution in [1.29, 1.82) is 0 Å². The van der Waals surface area contributed by atoms with Crippen LogP contribution in [0.4, 0.5) is 11.6 Å². The fourth-order valence-corrected chi connectivity index (χ4v) is 8.73. The summed E-state index contributed by atoms with van der Waals surface area (Å²) in [4.78, 5) is 13.4. The summed E-state index contributed by atoms with van der Waals surface area (Å²) in [7, 11) is 0. The molecule has 44 heavy (non-hydrogen) atoms. The number of terminal acetylenes is 1. The fraction of sp³-hybridized carbons (Fsp3) is 0.714. The molecule has 2 unspecified atom stereocenters. The van der Waals surface area contributed by atoms with Crippen LogP contribution < -0.4 is 5.32 Å². The lowest BCUT2D eigenvalue weighted by Crippen LogP contribution is -2.31. The van der Waals surface area contributed by atoms with Gasteiger partial charge in [0.25, 0.3) is 0 Å². The highest BCUT2D eigenvalue weighted by Gasteiger charge is 2.30. The molecule has 2 aliphatic heterocycles. The SMILES string of the molecule is C#CC1CCN(C(C)C)CCC1C[C@H]1CC[C@H](CCCc2nc(Nc3cnn(C4CCOCC4)c3)nc3snc(C)c23)CC1. The van der Waals surface area contributed by atoms with E-state index in [4.69, 9.17) is 21.1 Å². The minimum Gasteiger partial charge on any atom is -0.381 e. The van der Waals surface area contributed by atoms with Crippen molar-refractivity contribution in [3.8, 4) is 12.3 Å². The Balaban J connectivity index is 1.01. The van der Waals surface area contributed by atoms with E-state index in [1.807, 2.05) is 6.20 Å². The molecular formula is C35H51N7OS. The van der Waals surface area contributed by atoms with Crippen LogP contribution in [0.25, 0.3) is 10.2 Å². The van der Waals surface area contributed by atoms with Crippen molar-refractivity contribution in [2.45, 2.75) is 110 Å². The molecule has 0 bridgehead atoms. The third-order valence-corrected chi connectivity index (χ3v) is 11.5. The minimum atomic E-state index is 0.393. The molecule has 3 aromatic rings. The summed E-state index contributed by atoms with van der Waals surface area (Å²) < 4.78 is 12.2. The van der Waals surface area contributed by atoms with Gasteiger partial charge in [0.2, 0.25) is 5.95 Å². The van der Waals surface area contributed by atoms with Crippen molar-refractivity contribution in [2.75, 3.05) is 31.6 Å². The first-order valence-electron chi connectivity index (χ1n) is 17.2. The number of likely N-dealkylation sites (tertiary alicyclic amines) is 1. The molecule has 1 N–H and O–H groups in total. The van der Waals surface area contributed by atoms with Gasteiger partial charge in [-0.25, -0.2) is 4.98 Å². The van der Waals surface area contributed by atoms with Gasteiger partial charge in [0, 0.05) is 31.4 Å². The quantitative estimate of drug-likeness (QED) is 0.235. The lowest BCUT2D eigenvalue weighted by atomic mass is 9.73. The van der Waals surface area contributed by atoms with E-state index < -0.39 is 0 Å². The number of hydrogen-bond donors (Lipinski definition) is 1. The second-order valence-electron chi connectivity index (χ2n) is 13.9. The average molecular weight is 618 g/mol. The molecule has 3 aromatic heterocycles. The zero-order chi connectivity index (χ0) is 30.5. The lowest BCUT2D eigenvalue weighted by Gasteiger charge is -2.32. The van der Waals surface area contributed by atoms with Gasteiger partial charge in [0.05, 0.1) is 34.7 Å². The van der Waals surface area contributed by atoms with Gasteiger partial charge in [-0.05, 0) is 108 Å². The van der Waals surface area contributed by atoms with Gasteiger partial charge in [-0.3, -0.25) is 4.68 Å². The van der Waals surface area contributed by atoms with Crippen LogP contribution in [0.2, 0.25) is 0 Å². The van der Waals surface area contributed by atoms with Crippen LogP contribution in [-0.4, -0.2) is 61.4 Å². The average Bonchev–Trinajstić information content (AvgIpc) is 3.59. The monoisotopic (exact) mass is 617 g/mol. The fourth-order valence-electron chi connectivity index (χ4n) is 7.93. The van der Waals surface area contributed by atoms with Crippen molar-refractivity contribution in [2.24, 2.45) is 23.7 Å². The molecule has 8 nitrogen and oxygen atoms in total. The van der Waals surface area contributed by atoms with Crippen molar-refractivity contribution < 1.29 is 4.74 Å². The zero-order valence-corrected chi connectivity index (χ0v) is 27.8. The van der Waals surface area contributed by atoms with Crippen LogP contribution in [0.3, 0.4) is 0 Å². The van der Waals surface area contributed by atoms with Crippen LogP contribution in [0, 0.1) is 42.9 Å². The number of aromatic nitrogens is 5. The van der Waals surface area contributed by atoms with Crippen LogP contribution >= 0.6 is 11.5 Å². The highest BCUT2D eigenvalue weighted by Crippen LogP contribution is 2.39. The van der Waals surface area contributed by atoms with E-state index in [1.54, 1.807) is 0 Å². The first kappa shape index (κ1) is 31.4. The van der Waals surface area contributed by atoms with Gasteiger partial charge in [-0.15, -0.1) is 12.3 Å². The zero-order valence-electron chi connectivity index (χ0n) is 27.0.